The molecule has 0 bridgehead atoms. The number of hydrogen-bond acceptors (Lipinski definition) is 5. The molecule has 0 aliphatic rings. The Morgan fingerprint density at radius 2 is 1.62 bits per heavy atom. The van der Waals surface area contributed by atoms with Crippen molar-refractivity contribution in [2.24, 2.45) is 0 Å². The number of rotatable bonds is 5. The molecule has 0 aliphatic carbocycles. The van der Waals surface area contributed by atoms with E-state index in [2.05, 4.69) is 4.74 Å². The summed E-state index contributed by atoms with van der Waals surface area (Å²) in [6.45, 7) is 0.891. The van der Waals surface area contributed by atoms with Gasteiger partial charge < -0.3 is 14.9 Å². The van der Waals surface area contributed by atoms with Crippen molar-refractivity contribution < 1.29 is 72.2 Å². The number of ether oxygens (including phenoxy) is 1. The van der Waals surface area contributed by atoms with Crippen LogP contribution in [0.25, 0.3) is 0 Å². The predicted octanol–water partition coefficient (Wildman–Crippen LogP) is -0.958. The second kappa shape index (κ2) is 9.51. The van der Waals surface area contributed by atoms with Gasteiger partial charge in [-0.15, -0.1) is 0 Å². The zero-order valence-corrected chi connectivity index (χ0v) is 12.7. The molecule has 9 heteroatoms. The molecule has 0 aromatic rings. The predicted molar refractivity (Wildman–Crippen MR) is 40.4 cm³/mol. The van der Waals surface area contributed by atoms with Crippen LogP contribution >= 0.6 is 0 Å². The maximum Gasteiger partial charge on any atom is 0.375 e. The van der Waals surface area contributed by atoms with Gasteiger partial charge in [-0.3, -0.25) is 9.59 Å². The Labute approximate surface area is 115 Å². The molecule has 0 saturated carbocycles. The Bertz CT molecular complexity index is 290. The molecule has 0 fully saturated rings. The fraction of sp³-hybridized carbons (Fsp3) is 0.429. The number of ketones is 1. The Morgan fingerprint density at radius 1 is 1.19 bits per heavy atom. The number of aliphatic carboxylic acids is 2. The van der Waals surface area contributed by atoms with Crippen LogP contribution in [0.2, 0.25) is 0 Å². The minimum Gasteiger partial charge on any atom is -0.481 e. The number of hydrogen-bond donors (Lipinski definition) is 2. The van der Waals surface area contributed by atoms with E-state index in [1.165, 1.54) is 0 Å². The maximum atomic E-state index is 10.6. The van der Waals surface area contributed by atoms with Gasteiger partial charge in [-0.05, 0) is 0 Å². The Kier molecular flexibility index (Phi) is 12.3. The molecule has 7 nitrogen and oxygen atoms in total. The van der Waals surface area contributed by atoms with Gasteiger partial charge in [0.1, 0.15) is 0 Å². The van der Waals surface area contributed by atoms with Gasteiger partial charge in [0, 0.05) is 45.0 Å². The third-order valence-electron chi connectivity index (χ3n) is 1.17. The molecule has 0 heterocycles. The van der Waals surface area contributed by atoms with Crippen molar-refractivity contribution in [1.82, 2.24) is 0 Å². The van der Waals surface area contributed by atoms with Crippen LogP contribution in [0.5, 0.6) is 0 Å². The van der Waals surface area contributed by atoms with Crippen molar-refractivity contribution in [3.63, 3.8) is 0 Å². The molecular weight excluding hydrogens is 312 g/mol. The Morgan fingerprint density at radius 3 is 1.88 bits per heavy atom. The van der Waals surface area contributed by atoms with Gasteiger partial charge in [-0.25, -0.2) is 9.59 Å². The second-order valence-corrected chi connectivity index (χ2v) is 2.39. The fourth-order valence-corrected chi connectivity index (χ4v) is 0.550. The number of carbonyl (C=O) groups is 4. The van der Waals surface area contributed by atoms with E-state index in [4.69, 9.17) is 10.2 Å². The first kappa shape index (κ1) is 20.7. The van der Waals surface area contributed by atoms with E-state index in [9.17, 15) is 19.2 Å². The summed E-state index contributed by atoms with van der Waals surface area (Å²) in [5, 5.41) is 16.6. The molecule has 0 spiro atoms. The topological polar surface area (TPSA) is 118 Å². The molecule has 0 amide bonds. The minimum atomic E-state index is -1.83. The number of carbonyl (C=O) groups excluding carboxylic acids is 2. The summed E-state index contributed by atoms with van der Waals surface area (Å²) < 4.78 is 4.12. The van der Waals surface area contributed by atoms with Crippen LogP contribution in [-0.2, 0) is 61.9 Å². The summed E-state index contributed by atoms with van der Waals surface area (Å²) in [7, 11) is 0. The number of carboxylic acids is 2. The Hall–Kier alpha value is -0.712. The van der Waals surface area contributed by atoms with Crippen molar-refractivity contribution in [1.29, 1.82) is 0 Å². The molecule has 0 aliphatic heterocycles. The summed E-state index contributed by atoms with van der Waals surface area (Å²) in [4.78, 5) is 41.5. The van der Waals surface area contributed by atoms with E-state index in [0.717, 1.165) is 6.92 Å². The van der Waals surface area contributed by atoms with Gasteiger partial charge in [0.05, 0.1) is 6.42 Å². The quantitative estimate of drug-likeness (QED) is 0.380. The van der Waals surface area contributed by atoms with Crippen molar-refractivity contribution in [3.8, 4) is 0 Å². The molecule has 1 radical (unpaired) electrons. The zero-order chi connectivity index (χ0) is 11.3. The molecule has 16 heavy (non-hydrogen) atoms. The summed E-state index contributed by atoms with van der Waals surface area (Å²) in [6.07, 6.45) is -2.71. The van der Waals surface area contributed by atoms with E-state index >= 15 is 0 Å². The summed E-state index contributed by atoms with van der Waals surface area (Å²) >= 11 is 0. The molecule has 0 rings (SSSR count). The van der Waals surface area contributed by atoms with Crippen LogP contribution in [0.1, 0.15) is 13.3 Å². The van der Waals surface area contributed by atoms with E-state index in [0.29, 0.717) is 0 Å². The van der Waals surface area contributed by atoms with Crippen LogP contribution in [0, 0.1) is 0 Å². The number of carboxylic acid groups (broad SMARTS) is 2. The molecule has 0 aromatic heterocycles. The average molecular weight is 320 g/mol. The van der Waals surface area contributed by atoms with Gasteiger partial charge in [0.2, 0.25) is 11.9 Å². The first-order chi connectivity index (χ1) is 6.34. The molecular formula is C7H8O7VZn. The van der Waals surface area contributed by atoms with E-state index in [-0.39, 0.29) is 38.0 Å². The van der Waals surface area contributed by atoms with Crippen molar-refractivity contribution >= 4 is 23.7 Å². The summed E-state index contributed by atoms with van der Waals surface area (Å²) in [5.41, 5.74) is 0. The molecule has 1 atom stereocenters. The molecule has 0 saturated heterocycles. The van der Waals surface area contributed by atoms with Crippen LogP contribution in [0.3, 0.4) is 0 Å². The second-order valence-electron chi connectivity index (χ2n) is 2.39. The smallest absolute Gasteiger partial charge is 0.375 e. The molecule has 0 aromatic carbocycles. The Balaban J connectivity index is -0.000000845. The van der Waals surface area contributed by atoms with Gasteiger partial charge in [0.15, 0.2) is 0 Å². The minimum absolute atomic E-state index is 0. The first-order valence-corrected chi connectivity index (χ1v) is 3.50. The van der Waals surface area contributed by atoms with Crippen LogP contribution in [-0.4, -0.2) is 40.0 Å². The van der Waals surface area contributed by atoms with Crippen molar-refractivity contribution in [2.45, 2.75) is 19.4 Å². The van der Waals surface area contributed by atoms with Crippen LogP contribution < -0.4 is 0 Å². The average Bonchev–Trinajstić information content (AvgIpc) is 2.01. The zero-order valence-electron chi connectivity index (χ0n) is 8.37. The standard InChI is InChI=1S/C7H8O7.V.Zn/c1-3(8)7(13)14-4(6(11)12)2-5(9)10;;/h4H,2H2,1H3,(H,9,10)(H,11,12);;. The van der Waals surface area contributed by atoms with E-state index in [1.807, 2.05) is 0 Å². The van der Waals surface area contributed by atoms with E-state index < -0.39 is 36.2 Å². The van der Waals surface area contributed by atoms with Crippen LogP contribution in [0.15, 0.2) is 0 Å². The molecule has 85 valence electrons. The first-order valence-electron chi connectivity index (χ1n) is 3.50. The van der Waals surface area contributed by atoms with Gasteiger partial charge >= 0.3 is 17.9 Å². The molecule has 1 unspecified atom stereocenters. The van der Waals surface area contributed by atoms with E-state index in [1.54, 1.807) is 0 Å². The number of esters is 1. The van der Waals surface area contributed by atoms with Crippen LogP contribution in [0.4, 0.5) is 0 Å². The SMILES string of the molecule is CC(=O)C(=O)OC(CC(=O)O)C(=O)O.[V].[Zn]. The maximum absolute atomic E-state index is 10.6. The van der Waals surface area contributed by atoms with Gasteiger partial charge in [0.25, 0.3) is 0 Å². The normalized spacial score (nSPS) is 10.1. The van der Waals surface area contributed by atoms with Crippen molar-refractivity contribution in [3.05, 3.63) is 0 Å². The summed E-state index contributed by atoms with van der Waals surface area (Å²) in [6, 6.07) is 0. The van der Waals surface area contributed by atoms with Gasteiger partial charge in [-0.1, -0.05) is 0 Å². The monoisotopic (exact) mass is 319 g/mol. The van der Waals surface area contributed by atoms with Gasteiger partial charge in [-0.2, -0.15) is 0 Å². The molecule has 2 N–H and O–H groups in total. The third-order valence-corrected chi connectivity index (χ3v) is 1.17. The summed E-state index contributed by atoms with van der Waals surface area (Å²) in [5.74, 6) is -5.39. The van der Waals surface area contributed by atoms with Crippen molar-refractivity contribution in [2.75, 3.05) is 0 Å². The largest absolute Gasteiger partial charge is 0.481 e. The number of Topliss-reactive ketones (excluding diaryl/α,β-unsaturated/α-hetero) is 1. The fourth-order valence-electron chi connectivity index (χ4n) is 0.550. The third kappa shape index (κ3) is 8.58.